The van der Waals surface area contributed by atoms with Crippen molar-refractivity contribution in [2.45, 2.75) is 45.2 Å². The van der Waals surface area contributed by atoms with Crippen LogP contribution in [0.1, 0.15) is 38.2 Å². The summed E-state index contributed by atoms with van der Waals surface area (Å²) < 4.78 is 13.1. The van der Waals surface area contributed by atoms with Crippen LogP contribution in [0.3, 0.4) is 0 Å². The molecule has 1 saturated carbocycles. The molecule has 116 valence electrons. The number of quaternary nitrogens is 1. The lowest BCUT2D eigenvalue weighted by molar-refractivity contribution is -0.885. The van der Waals surface area contributed by atoms with Crippen LogP contribution in [-0.4, -0.2) is 25.5 Å². The van der Waals surface area contributed by atoms with Gasteiger partial charge in [-0.1, -0.05) is 31.9 Å². The average molecular weight is 293 g/mol. The number of hydrogen-bond acceptors (Lipinski definition) is 1. The number of carbonyl (C=O) groups excluding carboxylic acids is 1. The van der Waals surface area contributed by atoms with Crippen molar-refractivity contribution in [3.05, 3.63) is 35.6 Å². The molecule has 0 radical (unpaired) electrons. The van der Waals surface area contributed by atoms with Crippen LogP contribution in [0, 0.1) is 11.7 Å². The Morgan fingerprint density at radius 3 is 2.86 bits per heavy atom. The quantitative estimate of drug-likeness (QED) is 0.848. The van der Waals surface area contributed by atoms with Gasteiger partial charge in [0, 0.05) is 11.6 Å². The minimum Gasteiger partial charge on any atom is -0.348 e. The molecule has 1 aromatic carbocycles. The molecule has 3 atom stereocenters. The zero-order valence-electron chi connectivity index (χ0n) is 13.0. The third-order valence-electron chi connectivity index (χ3n) is 4.32. The van der Waals surface area contributed by atoms with Crippen molar-refractivity contribution in [3.63, 3.8) is 0 Å². The maximum Gasteiger partial charge on any atom is 0.275 e. The van der Waals surface area contributed by atoms with Crippen LogP contribution in [0.2, 0.25) is 0 Å². The van der Waals surface area contributed by atoms with E-state index >= 15 is 0 Å². The summed E-state index contributed by atoms with van der Waals surface area (Å²) in [6, 6.07) is 6.91. The summed E-state index contributed by atoms with van der Waals surface area (Å²) >= 11 is 0. The summed E-state index contributed by atoms with van der Waals surface area (Å²) in [7, 11) is 1.97. The molecule has 1 fully saturated rings. The molecule has 4 heteroatoms. The van der Waals surface area contributed by atoms with Crippen molar-refractivity contribution in [2.75, 3.05) is 13.6 Å². The lowest BCUT2D eigenvalue weighted by atomic mass is 9.86. The highest BCUT2D eigenvalue weighted by molar-refractivity contribution is 5.77. The second-order valence-corrected chi connectivity index (χ2v) is 6.38. The van der Waals surface area contributed by atoms with E-state index in [1.165, 1.54) is 31.4 Å². The summed E-state index contributed by atoms with van der Waals surface area (Å²) in [4.78, 5) is 13.2. The van der Waals surface area contributed by atoms with E-state index in [9.17, 15) is 9.18 Å². The molecule has 2 rings (SSSR count). The Labute approximate surface area is 126 Å². The fourth-order valence-electron chi connectivity index (χ4n) is 3.12. The second kappa shape index (κ2) is 7.55. The van der Waals surface area contributed by atoms with Crippen molar-refractivity contribution in [1.29, 1.82) is 0 Å². The van der Waals surface area contributed by atoms with Crippen LogP contribution in [0.4, 0.5) is 4.39 Å². The normalized spacial score (nSPS) is 23.6. The van der Waals surface area contributed by atoms with Gasteiger partial charge >= 0.3 is 0 Å². The van der Waals surface area contributed by atoms with Crippen molar-refractivity contribution in [2.24, 2.45) is 5.92 Å². The lowest BCUT2D eigenvalue weighted by Gasteiger charge is -2.29. The van der Waals surface area contributed by atoms with Crippen LogP contribution in [0.5, 0.6) is 0 Å². The molecule has 3 nitrogen and oxygen atoms in total. The zero-order valence-corrected chi connectivity index (χ0v) is 13.0. The van der Waals surface area contributed by atoms with Gasteiger partial charge < -0.3 is 10.2 Å². The smallest absolute Gasteiger partial charge is 0.275 e. The molecule has 0 spiro atoms. The number of carbonyl (C=O) groups is 1. The molecule has 0 saturated heterocycles. The molecular formula is C17H26FN2O+. The van der Waals surface area contributed by atoms with Gasteiger partial charge in [-0.3, -0.25) is 4.79 Å². The van der Waals surface area contributed by atoms with E-state index in [1.807, 2.05) is 13.1 Å². The fourth-order valence-corrected chi connectivity index (χ4v) is 3.12. The topological polar surface area (TPSA) is 33.5 Å². The van der Waals surface area contributed by atoms with E-state index in [2.05, 4.69) is 12.2 Å². The molecule has 1 amide bonds. The Kier molecular flexibility index (Phi) is 5.74. The Hall–Kier alpha value is -1.42. The van der Waals surface area contributed by atoms with E-state index in [0.29, 0.717) is 25.0 Å². The molecular weight excluding hydrogens is 267 g/mol. The second-order valence-electron chi connectivity index (χ2n) is 6.38. The van der Waals surface area contributed by atoms with Crippen molar-refractivity contribution >= 4 is 5.91 Å². The highest BCUT2D eigenvalue weighted by Gasteiger charge is 2.23. The molecule has 0 aromatic heterocycles. The third kappa shape index (κ3) is 5.12. The third-order valence-corrected chi connectivity index (χ3v) is 4.32. The van der Waals surface area contributed by atoms with E-state index < -0.39 is 0 Å². The van der Waals surface area contributed by atoms with Gasteiger partial charge in [-0.05, 0) is 30.9 Å². The monoisotopic (exact) mass is 293 g/mol. The summed E-state index contributed by atoms with van der Waals surface area (Å²) in [5, 5.41) is 3.16. The van der Waals surface area contributed by atoms with Gasteiger partial charge in [-0.15, -0.1) is 0 Å². The van der Waals surface area contributed by atoms with Gasteiger partial charge in [0.2, 0.25) is 0 Å². The Balaban J connectivity index is 1.79. The van der Waals surface area contributed by atoms with E-state index in [-0.39, 0.29) is 11.7 Å². The van der Waals surface area contributed by atoms with Crippen LogP contribution in [-0.2, 0) is 11.3 Å². The molecule has 0 aliphatic heterocycles. The van der Waals surface area contributed by atoms with Gasteiger partial charge in [0.1, 0.15) is 12.4 Å². The van der Waals surface area contributed by atoms with Gasteiger partial charge in [0.25, 0.3) is 5.91 Å². The first-order valence-corrected chi connectivity index (χ1v) is 7.89. The predicted octanol–water partition coefficient (Wildman–Crippen LogP) is 1.54. The van der Waals surface area contributed by atoms with Crippen molar-refractivity contribution in [3.8, 4) is 0 Å². The minimum atomic E-state index is -0.221. The molecule has 2 N–H and O–H groups in total. The highest BCUT2D eigenvalue weighted by atomic mass is 19.1. The Morgan fingerprint density at radius 1 is 1.38 bits per heavy atom. The molecule has 1 aromatic rings. The molecule has 0 bridgehead atoms. The fraction of sp³-hybridized carbons (Fsp3) is 0.588. The first kappa shape index (κ1) is 16.0. The van der Waals surface area contributed by atoms with Crippen LogP contribution < -0.4 is 10.2 Å². The minimum absolute atomic E-state index is 0.0997. The number of hydrogen-bond donors (Lipinski definition) is 2. The summed E-state index contributed by atoms with van der Waals surface area (Å²) in [6.45, 7) is 3.30. The Bertz CT molecular complexity index is 478. The summed E-state index contributed by atoms with van der Waals surface area (Å²) in [5.74, 6) is 0.453. The van der Waals surface area contributed by atoms with E-state index in [0.717, 1.165) is 16.9 Å². The molecule has 1 aliphatic rings. The first-order valence-electron chi connectivity index (χ1n) is 7.89. The van der Waals surface area contributed by atoms with Crippen molar-refractivity contribution < 1.29 is 14.1 Å². The van der Waals surface area contributed by atoms with Crippen LogP contribution in [0.25, 0.3) is 0 Å². The maximum atomic E-state index is 13.1. The number of amides is 1. The van der Waals surface area contributed by atoms with Crippen LogP contribution in [0.15, 0.2) is 24.3 Å². The Morgan fingerprint density at radius 2 is 2.14 bits per heavy atom. The predicted molar refractivity (Wildman–Crippen MR) is 81.4 cm³/mol. The van der Waals surface area contributed by atoms with E-state index in [4.69, 9.17) is 0 Å². The molecule has 1 unspecified atom stereocenters. The standard InChI is InChI=1S/C17H25FN2O/c1-13-6-3-4-9-16(13)19-17(21)12-20(2)11-14-7-5-8-15(18)10-14/h5,7-8,10,13,16H,3-4,6,9,11-12H2,1-2H3,(H,19,21)/p+1/t13-,16+/m1/s1. The zero-order chi connectivity index (χ0) is 15.2. The van der Waals surface area contributed by atoms with Gasteiger partial charge in [-0.25, -0.2) is 4.39 Å². The largest absolute Gasteiger partial charge is 0.348 e. The molecule has 1 aliphatic carbocycles. The first-order chi connectivity index (χ1) is 10.0. The van der Waals surface area contributed by atoms with Gasteiger partial charge in [0.15, 0.2) is 6.54 Å². The maximum absolute atomic E-state index is 13.1. The molecule has 0 heterocycles. The van der Waals surface area contributed by atoms with E-state index in [1.54, 1.807) is 6.07 Å². The summed E-state index contributed by atoms with van der Waals surface area (Å²) in [6.07, 6.45) is 4.78. The summed E-state index contributed by atoms with van der Waals surface area (Å²) in [5.41, 5.74) is 0.923. The number of likely N-dealkylation sites (N-methyl/N-ethyl adjacent to an activating group) is 1. The lowest BCUT2D eigenvalue weighted by Crippen LogP contribution is -3.09. The number of nitrogens with one attached hydrogen (secondary N) is 2. The van der Waals surface area contributed by atoms with Crippen LogP contribution >= 0.6 is 0 Å². The van der Waals surface area contributed by atoms with Gasteiger partial charge in [0.05, 0.1) is 7.05 Å². The average Bonchev–Trinajstić information content (AvgIpc) is 2.41. The molecule has 21 heavy (non-hydrogen) atoms. The van der Waals surface area contributed by atoms with Crippen molar-refractivity contribution in [1.82, 2.24) is 5.32 Å². The number of rotatable bonds is 5. The highest BCUT2D eigenvalue weighted by Crippen LogP contribution is 2.23. The number of benzene rings is 1. The van der Waals surface area contributed by atoms with Gasteiger partial charge in [-0.2, -0.15) is 0 Å². The number of halogens is 1. The SMILES string of the molecule is C[C@@H]1CCCC[C@@H]1NC(=O)C[NH+](C)Cc1cccc(F)c1.